The Balaban J connectivity index is 2.22. The number of hydrogen-bond acceptors (Lipinski definition) is 3. The molecule has 21 heavy (non-hydrogen) atoms. The van der Waals surface area contributed by atoms with Crippen LogP contribution in [-0.2, 0) is 11.3 Å². The molecule has 0 aliphatic carbocycles. The molecule has 0 heterocycles. The maximum Gasteiger partial charge on any atom is 0.124 e. The fourth-order valence-electron chi connectivity index (χ4n) is 2.24. The Morgan fingerprint density at radius 2 is 2.00 bits per heavy atom. The summed E-state index contributed by atoms with van der Waals surface area (Å²) in [5.41, 5.74) is 1.17. The van der Waals surface area contributed by atoms with Crippen molar-refractivity contribution in [1.82, 2.24) is 5.32 Å². The topological polar surface area (TPSA) is 30.5 Å². The van der Waals surface area contributed by atoms with Gasteiger partial charge in [0.15, 0.2) is 0 Å². The average molecular weight is 283 g/mol. The molecule has 0 amide bonds. The molecule has 0 saturated heterocycles. The fourth-order valence-corrected chi connectivity index (χ4v) is 2.24. The van der Waals surface area contributed by atoms with Gasteiger partial charge < -0.3 is 14.8 Å². The lowest BCUT2D eigenvalue weighted by atomic mass is 10.0. The van der Waals surface area contributed by atoms with E-state index < -0.39 is 0 Å². The summed E-state index contributed by atoms with van der Waals surface area (Å²) in [6.07, 6.45) is 5.89. The molecular weight excluding hydrogens is 262 g/mol. The molecule has 0 fully saturated rings. The van der Waals surface area contributed by atoms with Crippen LogP contribution in [0.3, 0.4) is 0 Å². The molecule has 3 nitrogen and oxygen atoms in total. The van der Waals surface area contributed by atoms with Crippen LogP contribution in [0.4, 0.5) is 0 Å². The predicted octanol–water partition coefficient (Wildman–Crippen LogP) is 2.98. The van der Waals surface area contributed by atoms with E-state index >= 15 is 0 Å². The molecule has 0 atom stereocenters. The molecule has 1 N–H and O–H groups in total. The van der Waals surface area contributed by atoms with Gasteiger partial charge in [0.2, 0.25) is 0 Å². The van der Waals surface area contributed by atoms with Crippen molar-refractivity contribution >= 4 is 10.8 Å². The number of fused-ring (bicyclic) bond motifs is 1. The maximum atomic E-state index is 5.83. The van der Waals surface area contributed by atoms with Crippen LogP contribution in [0.1, 0.15) is 12.0 Å². The minimum absolute atomic E-state index is 0.542. The molecule has 110 valence electrons. The molecule has 0 bridgehead atoms. The molecule has 0 spiro atoms. The van der Waals surface area contributed by atoms with E-state index in [4.69, 9.17) is 15.9 Å². The zero-order chi connectivity index (χ0) is 14.9. The van der Waals surface area contributed by atoms with Crippen molar-refractivity contribution in [1.29, 1.82) is 0 Å². The lowest BCUT2D eigenvalue weighted by Gasteiger charge is -2.14. The van der Waals surface area contributed by atoms with E-state index in [1.807, 2.05) is 18.2 Å². The summed E-state index contributed by atoms with van der Waals surface area (Å²) >= 11 is 0. The van der Waals surface area contributed by atoms with Crippen LogP contribution < -0.4 is 10.1 Å². The van der Waals surface area contributed by atoms with Crippen molar-refractivity contribution in [2.24, 2.45) is 0 Å². The number of nitrogens with one attached hydrogen (secondary N) is 1. The van der Waals surface area contributed by atoms with E-state index in [-0.39, 0.29) is 0 Å². The van der Waals surface area contributed by atoms with Gasteiger partial charge in [0.1, 0.15) is 5.75 Å². The molecule has 2 rings (SSSR count). The summed E-state index contributed by atoms with van der Waals surface area (Å²) in [4.78, 5) is 0. The number of ether oxygens (including phenoxy) is 2. The summed E-state index contributed by atoms with van der Waals surface area (Å²) < 4.78 is 10.9. The van der Waals surface area contributed by atoms with Crippen molar-refractivity contribution < 1.29 is 9.47 Å². The van der Waals surface area contributed by atoms with Crippen molar-refractivity contribution in [2.45, 2.75) is 13.0 Å². The highest BCUT2D eigenvalue weighted by atomic mass is 16.5. The molecule has 0 unspecified atom stereocenters. The van der Waals surface area contributed by atoms with E-state index in [0.717, 1.165) is 18.8 Å². The predicted molar refractivity (Wildman–Crippen MR) is 86.5 cm³/mol. The van der Waals surface area contributed by atoms with Gasteiger partial charge in [-0.15, -0.1) is 12.3 Å². The maximum absolute atomic E-state index is 5.83. The van der Waals surface area contributed by atoms with E-state index in [2.05, 4.69) is 29.4 Å². The lowest BCUT2D eigenvalue weighted by molar-refractivity contribution is 0.199. The van der Waals surface area contributed by atoms with Crippen molar-refractivity contribution in [3.05, 3.63) is 42.0 Å². The molecule has 0 aliphatic rings. The highest BCUT2D eigenvalue weighted by Crippen LogP contribution is 2.28. The number of hydrogen-bond donors (Lipinski definition) is 1. The van der Waals surface area contributed by atoms with Crippen LogP contribution in [0.5, 0.6) is 5.75 Å². The van der Waals surface area contributed by atoms with Crippen LogP contribution >= 0.6 is 0 Å². The Bertz CT molecular complexity index is 616. The van der Waals surface area contributed by atoms with E-state index in [1.165, 1.54) is 16.3 Å². The van der Waals surface area contributed by atoms with E-state index in [0.29, 0.717) is 19.6 Å². The Morgan fingerprint density at radius 3 is 2.81 bits per heavy atom. The third-order valence-electron chi connectivity index (χ3n) is 3.29. The molecule has 2 aromatic rings. The van der Waals surface area contributed by atoms with Gasteiger partial charge in [-0.3, -0.25) is 0 Å². The van der Waals surface area contributed by atoms with Crippen LogP contribution in [-0.4, -0.2) is 26.9 Å². The largest absolute Gasteiger partial charge is 0.492 e. The summed E-state index contributed by atoms with van der Waals surface area (Å²) in [5, 5.41) is 5.80. The Morgan fingerprint density at radius 1 is 1.14 bits per heavy atom. The quantitative estimate of drug-likeness (QED) is 0.597. The Labute approximate surface area is 126 Å². The molecule has 3 heteroatoms. The third-order valence-corrected chi connectivity index (χ3v) is 3.29. The normalized spacial score (nSPS) is 10.5. The summed E-state index contributed by atoms with van der Waals surface area (Å²) in [6, 6.07) is 12.4. The van der Waals surface area contributed by atoms with Gasteiger partial charge in [-0.1, -0.05) is 30.3 Å². The monoisotopic (exact) mass is 283 g/mol. The van der Waals surface area contributed by atoms with Crippen LogP contribution in [0.25, 0.3) is 10.8 Å². The Hall–Kier alpha value is -2.02. The number of methoxy groups -OCH3 is 1. The van der Waals surface area contributed by atoms with Gasteiger partial charge in [0.05, 0.1) is 13.2 Å². The van der Waals surface area contributed by atoms with Crippen molar-refractivity contribution in [3.63, 3.8) is 0 Å². The summed E-state index contributed by atoms with van der Waals surface area (Å²) in [6.45, 7) is 2.79. The number of terminal acetylenes is 1. The average Bonchev–Trinajstić information content (AvgIpc) is 2.53. The molecule has 0 radical (unpaired) electrons. The highest BCUT2D eigenvalue weighted by Gasteiger charge is 2.08. The second-order valence-corrected chi connectivity index (χ2v) is 4.74. The Kier molecular flexibility index (Phi) is 6.08. The zero-order valence-electron chi connectivity index (χ0n) is 12.4. The number of rotatable bonds is 8. The fraction of sp³-hybridized carbons (Fsp3) is 0.333. The molecule has 0 saturated carbocycles. The first-order valence-corrected chi connectivity index (χ1v) is 7.13. The third kappa shape index (κ3) is 4.22. The van der Waals surface area contributed by atoms with Gasteiger partial charge >= 0.3 is 0 Å². The molecule has 0 aliphatic heterocycles. The highest BCUT2D eigenvalue weighted by molar-refractivity contribution is 5.87. The first-order valence-electron chi connectivity index (χ1n) is 7.13. The first kappa shape index (κ1) is 15.4. The van der Waals surface area contributed by atoms with E-state index in [9.17, 15) is 0 Å². The van der Waals surface area contributed by atoms with Crippen molar-refractivity contribution in [3.8, 4) is 18.1 Å². The van der Waals surface area contributed by atoms with Crippen molar-refractivity contribution in [2.75, 3.05) is 26.9 Å². The molecular formula is C18H21NO2. The second kappa shape index (κ2) is 8.31. The first-order chi connectivity index (χ1) is 10.4. The SMILES string of the molecule is C#CCCOc1ccc2ccccc2c1CNCCOC. The van der Waals surface area contributed by atoms with E-state index in [1.54, 1.807) is 7.11 Å². The van der Waals surface area contributed by atoms with Gasteiger partial charge in [-0.2, -0.15) is 0 Å². The second-order valence-electron chi connectivity index (χ2n) is 4.74. The van der Waals surface area contributed by atoms with Crippen LogP contribution in [0.2, 0.25) is 0 Å². The van der Waals surface area contributed by atoms with Gasteiger partial charge in [0.25, 0.3) is 0 Å². The lowest BCUT2D eigenvalue weighted by Crippen LogP contribution is -2.19. The number of benzene rings is 2. The minimum Gasteiger partial charge on any atom is -0.492 e. The van der Waals surface area contributed by atoms with Crippen LogP contribution in [0, 0.1) is 12.3 Å². The van der Waals surface area contributed by atoms with Gasteiger partial charge in [-0.05, 0) is 16.8 Å². The zero-order valence-corrected chi connectivity index (χ0v) is 12.4. The van der Waals surface area contributed by atoms with Gasteiger partial charge in [0, 0.05) is 32.2 Å². The summed E-state index contributed by atoms with van der Waals surface area (Å²) in [5.74, 6) is 3.49. The minimum atomic E-state index is 0.542. The smallest absolute Gasteiger partial charge is 0.124 e. The van der Waals surface area contributed by atoms with Crippen LogP contribution in [0.15, 0.2) is 36.4 Å². The molecule has 0 aromatic heterocycles. The standard InChI is InChI=1S/C18H21NO2/c1-3-4-12-21-18-10-9-15-7-5-6-8-16(15)17(18)14-19-11-13-20-2/h1,5-10,19H,4,11-14H2,2H3. The molecule has 2 aromatic carbocycles. The van der Waals surface area contributed by atoms with Gasteiger partial charge in [-0.25, -0.2) is 0 Å². The summed E-state index contributed by atoms with van der Waals surface area (Å²) in [7, 11) is 1.70.